The van der Waals surface area contributed by atoms with Crippen LogP contribution in [0.2, 0.25) is 0 Å². The Morgan fingerprint density at radius 2 is 2.20 bits per heavy atom. The largest absolute Gasteiger partial charge is 0.323 e. The number of halogens is 2. The summed E-state index contributed by atoms with van der Waals surface area (Å²) in [5, 5.41) is 4.22. The summed E-state index contributed by atoms with van der Waals surface area (Å²) >= 11 is 8.21. The molecule has 1 aromatic carbocycles. The van der Waals surface area contributed by atoms with Gasteiger partial charge in [0.25, 0.3) is 0 Å². The topological polar surface area (TPSA) is 35.6 Å². The first-order valence-electron chi connectivity index (χ1n) is 6.35. The SMILES string of the molecule is Cn1cc(Cn2c(CCCl)nc3cc(I)ccc32)cn1. The first kappa shape index (κ1) is 13.9. The number of imidazole rings is 1. The lowest BCUT2D eigenvalue weighted by Crippen LogP contribution is -2.05. The van der Waals surface area contributed by atoms with Crippen molar-refractivity contribution >= 4 is 45.2 Å². The van der Waals surface area contributed by atoms with Gasteiger partial charge in [-0.1, -0.05) is 0 Å². The molecule has 3 aromatic rings. The van der Waals surface area contributed by atoms with Gasteiger partial charge in [0.15, 0.2) is 0 Å². The molecule has 0 saturated heterocycles. The van der Waals surface area contributed by atoms with Crippen molar-refractivity contribution in [2.24, 2.45) is 7.05 Å². The van der Waals surface area contributed by atoms with Gasteiger partial charge >= 0.3 is 0 Å². The van der Waals surface area contributed by atoms with Crippen LogP contribution in [0.5, 0.6) is 0 Å². The van der Waals surface area contributed by atoms with Crippen LogP contribution in [0.25, 0.3) is 11.0 Å². The highest BCUT2D eigenvalue weighted by atomic mass is 127. The standard InChI is InChI=1S/C14H14ClIN4/c1-19-8-10(7-17-19)9-20-13-3-2-11(16)6-12(13)18-14(20)4-5-15/h2-3,6-8H,4-5,9H2,1H3. The normalized spacial score (nSPS) is 11.3. The Balaban J connectivity index is 2.08. The molecule has 0 aliphatic rings. The molecule has 0 bridgehead atoms. The summed E-state index contributed by atoms with van der Waals surface area (Å²) in [6.07, 6.45) is 4.69. The van der Waals surface area contributed by atoms with E-state index in [0.717, 1.165) is 29.8 Å². The van der Waals surface area contributed by atoms with Gasteiger partial charge in [-0.15, -0.1) is 11.6 Å². The van der Waals surface area contributed by atoms with Crippen LogP contribution in [0.1, 0.15) is 11.4 Å². The van der Waals surface area contributed by atoms with Crippen molar-refractivity contribution in [2.45, 2.75) is 13.0 Å². The summed E-state index contributed by atoms with van der Waals surface area (Å²) in [5.74, 6) is 1.61. The van der Waals surface area contributed by atoms with E-state index >= 15 is 0 Å². The van der Waals surface area contributed by atoms with Crippen molar-refractivity contribution in [2.75, 3.05) is 5.88 Å². The lowest BCUT2D eigenvalue weighted by Gasteiger charge is -2.06. The van der Waals surface area contributed by atoms with Gasteiger partial charge in [-0.25, -0.2) is 4.98 Å². The third-order valence-corrected chi connectivity index (χ3v) is 4.07. The molecule has 6 heteroatoms. The Morgan fingerprint density at radius 1 is 1.35 bits per heavy atom. The molecule has 4 nitrogen and oxygen atoms in total. The molecule has 20 heavy (non-hydrogen) atoms. The average Bonchev–Trinajstić information content (AvgIpc) is 2.95. The Kier molecular flexibility index (Phi) is 3.98. The van der Waals surface area contributed by atoms with E-state index in [1.165, 1.54) is 9.13 Å². The van der Waals surface area contributed by atoms with E-state index < -0.39 is 0 Å². The number of aromatic nitrogens is 4. The molecule has 0 N–H and O–H groups in total. The highest BCUT2D eigenvalue weighted by molar-refractivity contribution is 14.1. The van der Waals surface area contributed by atoms with Gasteiger partial charge in [-0.2, -0.15) is 5.10 Å². The van der Waals surface area contributed by atoms with Gasteiger partial charge in [-0.05, 0) is 40.8 Å². The molecule has 0 saturated carbocycles. The second-order valence-electron chi connectivity index (χ2n) is 4.71. The zero-order chi connectivity index (χ0) is 14.1. The maximum absolute atomic E-state index is 5.90. The number of hydrogen-bond acceptors (Lipinski definition) is 2. The summed E-state index contributed by atoms with van der Waals surface area (Å²) in [6, 6.07) is 6.33. The molecule has 0 unspecified atom stereocenters. The van der Waals surface area contributed by atoms with Crippen molar-refractivity contribution in [3.05, 3.63) is 45.6 Å². The number of hydrogen-bond donors (Lipinski definition) is 0. The number of benzene rings is 1. The number of fused-ring (bicyclic) bond motifs is 1. The average molecular weight is 401 g/mol. The fraction of sp³-hybridized carbons (Fsp3) is 0.286. The second-order valence-corrected chi connectivity index (χ2v) is 6.33. The second kappa shape index (κ2) is 5.73. The van der Waals surface area contributed by atoms with Crippen molar-refractivity contribution in [3.63, 3.8) is 0 Å². The molecule has 0 fully saturated rings. The van der Waals surface area contributed by atoms with Crippen LogP contribution < -0.4 is 0 Å². The van der Waals surface area contributed by atoms with Crippen molar-refractivity contribution in [1.82, 2.24) is 19.3 Å². The molecular weight excluding hydrogens is 387 g/mol. The van der Waals surface area contributed by atoms with E-state index in [4.69, 9.17) is 16.6 Å². The Morgan fingerprint density at radius 3 is 2.90 bits per heavy atom. The molecular formula is C14H14ClIN4. The first-order chi connectivity index (χ1) is 9.67. The third-order valence-electron chi connectivity index (χ3n) is 3.21. The zero-order valence-corrected chi connectivity index (χ0v) is 14.0. The Labute approximate surface area is 135 Å². The van der Waals surface area contributed by atoms with E-state index in [9.17, 15) is 0 Å². The van der Waals surface area contributed by atoms with Crippen LogP contribution in [-0.2, 0) is 20.0 Å². The van der Waals surface area contributed by atoms with Gasteiger partial charge in [0.1, 0.15) is 5.82 Å². The molecule has 0 amide bonds. The molecule has 104 valence electrons. The summed E-state index contributed by atoms with van der Waals surface area (Å²) in [4.78, 5) is 4.71. The van der Waals surface area contributed by atoms with Crippen LogP contribution >= 0.6 is 34.2 Å². The van der Waals surface area contributed by atoms with Gasteiger partial charge in [0.05, 0.1) is 23.8 Å². The summed E-state index contributed by atoms with van der Waals surface area (Å²) in [5.41, 5.74) is 3.34. The molecule has 3 rings (SSSR count). The van der Waals surface area contributed by atoms with Gasteiger partial charge in [-0.3, -0.25) is 4.68 Å². The minimum Gasteiger partial charge on any atom is -0.323 e. The van der Waals surface area contributed by atoms with E-state index in [1.807, 2.05) is 24.1 Å². The molecule has 0 spiro atoms. The minimum atomic E-state index is 0.577. The fourth-order valence-corrected chi connectivity index (χ4v) is 2.98. The summed E-state index contributed by atoms with van der Waals surface area (Å²) in [7, 11) is 1.93. The van der Waals surface area contributed by atoms with Crippen LogP contribution in [0, 0.1) is 3.57 Å². The van der Waals surface area contributed by atoms with E-state index in [2.05, 4.69) is 50.5 Å². The van der Waals surface area contributed by atoms with Crippen molar-refractivity contribution in [3.8, 4) is 0 Å². The van der Waals surface area contributed by atoms with Gasteiger partial charge in [0.2, 0.25) is 0 Å². The third kappa shape index (κ3) is 2.69. The molecule has 0 radical (unpaired) electrons. The van der Waals surface area contributed by atoms with E-state index in [0.29, 0.717) is 5.88 Å². The van der Waals surface area contributed by atoms with Crippen molar-refractivity contribution < 1.29 is 0 Å². The monoisotopic (exact) mass is 400 g/mol. The molecule has 0 aliphatic heterocycles. The number of alkyl halides is 1. The predicted molar refractivity (Wildman–Crippen MR) is 89.2 cm³/mol. The minimum absolute atomic E-state index is 0.577. The van der Waals surface area contributed by atoms with Gasteiger partial charge < -0.3 is 4.57 Å². The maximum atomic E-state index is 5.90. The zero-order valence-electron chi connectivity index (χ0n) is 11.1. The Hall–Kier alpha value is -1.08. The lowest BCUT2D eigenvalue weighted by atomic mass is 10.3. The Bertz CT molecular complexity index is 747. The highest BCUT2D eigenvalue weighted by Gasteiger charge is 2.11. The first-order valence-corrected chi connectivity index (χ1v) is 7.97. The molecule has 0 aliphatic carbocycles. The number of aryl methyl sites for hydroxylation is 2. The smallest absolute Gasteiger partial charge is 0.111 e. The summed E-state index contributed by atoms with van der Waals surface area (Å²) in [6.45, 7) is 0.775. The number of nitrogens with zero attached hydrogens (tertiary/aromatic N) is 4. The predicted octanol–water partition coefficient (Wildman–Crippen LogP) is 3.20. The van der Waals surface area contributed by atoms with Crippen LogP contribution in [0.4, 0.5) is 0 Å². The van der Waals surface area contributed by atoms with Crippen LogP contribution in [0.15, 0.2) is 30.6 Å². The maximum Gasteiger partial charge on any atom is 0.111 e. The fourth-order valence-electron chi connectivity index (χ4n) is 2.34. The summed E-state index contributed by atoms with van der Waals surface area (Å²) < 4.78 is 5.24. The molecule has 2 aromatic heterocycles. The number of rotatable bonds is 4. The highest BCUT2D eigenvalue weighted by Crippen LogP contribution is 2.21. The van der Waals surface area contributed by atoms with Crippen LogP contribution in [-0.4, -0.2) is 25.2 Å². The van der Waals surface area contributed by atoms with E-state index in [-0.39, 0.29) is 0 Å². The van der Waals surface area contributed by atoms with E-state index in [1.54, 1.807) is 0 Å². The molecule has 2 heterocycles. The van der Waals surface area contributed by atoms with Crippen molar-refractivity contribution in [1.29, 1.82) is 0 Å². The lowest BCUT2D eigenvalue weighted by molar-refractivity contribution is 0.747. The molecule has 0 atom stereocenters. The van der Waals surface area contributed by atoms with Crippen LogP contribution in [0.3, 0.4) is 0 Å². The van der Waals surface area contributed by atoms with Gasteiger partial charge in [0, 0.05) is 34.7 Å². The quantitative estimate of drug-likeness (QED) is 0.498.